The van der Waals surface area contributed by atoms with Crippen molar-refractivity contribution in [3.63, 3.8) is 0 Å². The molecule has 0 saturated heterocycles. The molecule has 0 aliphatic heterocycles. The van der Waals surface area contributed by atoms with Crippen molar-refractivity contribution in [2.75, 3.05) is 26.2 Å². The van der Waals surface area contributed by atoms with Crippen LogP contribution in [0, 0.1) is 0 Å². The number of unbranched alkanes of at least 4 members (excludes halogenated alkanes) is 1. The van der Waals surface area contributed by atoms with Crippen molar-refractivity contribution < 1.29 is 24.3 Å². The summed E-state index contributed by atoms with van der Waals surface area (Å²) >= 11 is 0. The molecular formula is C24H50N14O5. The first-order chi connectivity index (χ1) is 20.3. The molecule has 19 heteroatoms. The van der Waals surface area contributed by atoms with Crippen molar-refractivity contribution in [3.05, 3.63) is 0 Å². The van der Waals surface area contributed by atoms with Crippen LogP contribution in [0.1, 0.15) is 57.8 Å². The number of hydrogen-bond donors (Lipinski definition) is 12. The Balaban J connectivity index is 5.73. The van der Waals surface area contributed by atoms with E-state index in [1.54, 1.807) is 0 Å². The van der Waals surface area contributed by atoms with Crippen molar-refractivity contribution in [1.29, 1.82) is 0 Å². The van der Waals surface area contributed by atoms with Gasteiger partial charge in [-0.3, -0.25) is 29.4 Å². The highest BCUT2D eigenvalue weighted by atomic mass is 16.4. The predicted molar refractivity (Wildman–Crippen MR) is 164 cm³/mol. The van der Waals surface area contributed by atoms with Gasteiger partial charge in [-0.05, 0) is 64.3 Å². The lowest BCUT2D eigenvalue weighted by Crippen LogP contribution is -2.57. The second-order valence-electron chi connectivity index (χ2n) is 9.76. The van der Waals surface area contributed by atoms with E-state index in [1.165, 1.54) is 0 Å². The molecule has 19 nitrogen and oxygen atoms in total. The number of nitrogens with two attached hydrogens (primary N) is 8. The first-order valence-corrected chi connectivity index (χ1v) is 14.0. The molecule has 246 valence electrons. The van der Waals surface area contributed by atoms with E-state index in [2.05, 4.69) is 30.9 Å². The molecule has 0 aromatic heterocycles. The van der Waals surface area contributed by atoms with E-state index in [9.17, 15) is 24.3 Å². The molecule has 0 bridgehead atoms. The number of hydrogen-bond acceptors (Lipinski definition) is 9. The Labute approximate surface area is 251 Å². The second-order valence-corrected chi connectivity index (χ2v) is 9.76. The summed E-state index contributed by atoms with van der Waals surface area (Å²) in [4.78, 5) is 62.7. The Kier molecular flexibility index (Phi) is 20.0. The zero-order chi connectivity index (χ0) is 32.8. The van der Waals surface area contributed by atoms with E-state index in [0.29, 0.717) is 32.2 Å². The van der Waals surface area contributed by atoms with Gasteiger partial charge in [0.25, 0.3) is 0 Å². The van der Waals surface area contributed by atoms with Crippen LogP contribution in [0.5, 0.6) is 0 Å². The van der Waals surface area contributed by atoms with E-state index in [4.69, 9.17) is 45.9 Å². The minimum Gasteiger partial charge on any atom is -0.480 e. The molecule has 20 N–H and O–H groups in total. The van der Waals surface area contributed by atoms with Crippen LogP contribution in [0.25, 0.3) is 0 Å². The van der Waals surface area contributed by atoms with Crippen LogP contribution in [-0.2, 0) is 19.2 Å². The summed E-state index contributed by atoms with van der Waals surface area (Å²) in [5.41, 5.74) is 43.5. The summed E-state index contributed by atoms with van der Waals surface area (Å²) in [6.45, 7) is 0.984. The van der Waals surface area contributed by atoms with Gasteiger partial charge in [-0.1, -0.05) is 0 Å². The normalized spacial score (nSPS) is 13.3. The van der Waals surface area contributed by atoms with Crippen molar-refractivity contribution in [2.24, 2.45) is 60.8 Å². The number of carbonyl (C=O) groups excluding carboxylic acids is 3. The first kappa shape index (κ1) is 38.6. The largest absolute Gasteiger partial charge is 0.480 e. The van der Waals surface area contributed by atoms with Crippen LogP contribution in [0.2, 0.25) is 0 Å². The van der Waals surface area contributed by atoms with Crippen LogP contribution in [0.3, 0.4) is 0 Å². The highest BCUT2D eigenvalue weighted by Crippen LogP contribution is 2.07. The van der Waals surface area contributed by atoms with Gasteiger partial charge in [0.2, 0.25) is 17.7 Å². The monoisotopic (exact) mass is 614 g/mol. The van der Waals surface area contributed by atoms with Crippen molar-refractivity contribution in [2.45, 2.75) is 82.0 Å². The molecule has 0 heterocycles. The van der Waals surface area contributed by atoms with E-state index in [1.807, 2.05) is 0 Å². The molecule has 0 radical (unpaired) electrons. The zero-order valence-electron chi connectivity index (χ0n) is 24.5. The number of rotatable bonds is 23. The van der Waals surface area contributed by atoms with Gasteiger partial charge in [0, 0.05) is 19.6 Å². The third-order valence-corrected chi connectivity index (χ3v) is 6.02. The number of carboxylic acids is 1. The number of aliphatic carboxylic acids is 1. The molecule has 0 aromatic carbocycles. The Bertz CT molecular complexity index is 962. The van der Waals surface area contributed by atoms with Crippen molar-refractivity contribution >= 4 is 41.6 Å². The summed E-state index contributed by atoms with van der Waals surface area (Å²) in [5.74, 6) is -3.61. The summed E-state index contributed by atoms with van der Waals surface area (Å²) in [7, 11) is 0. The van der Waals surface area contributed by atoms with Crippen LogP contribution in [0.4, 0.5) is 0 Å². The van der Waals surface area contributed by atoms with Crippen molar-refractivity contribution in [1.82, 2.24) is 16.0 Å². The lowest BCUT2D eigenvalue weighted by molar-refractivity contribution is -0.142. The fourth-order valence-corrected chi connectivity index (χ4v) is 3.77. The number of carbonyl (C=O) groups is 4. The third-order valence-electron chi connectivity index (χ3n) is 6.02. The van der Waals surface area contributed by atoms with E-state index in [-0.39, 0.29) is 69.6 Å². The Morgan fingerprint density at radius 3 is 1.33 bits per heavy atom. The molecule has 0 spiro atoms. The zero-order valence-corrected chi connectivity index (χ0v) is 24.5. The number of guanidine groups is 3. The summed E-state index contributed by atoms with van der Waals surface area (Å²) < 4.78 is 0. The molecule has 4 atom stereocenters. The minimum atomic E-state index is -1.23. The molecule has 3 amide bonds. The standard InChI is InChI=1S/C24H50N14O5/c25-10-2-1-7-17(21(42)43)38-20(41)16(9-5-13-35-24(31)32)37-19(40)15(8-4-12-34-23(29)30)36-18(39)14(26)6-3-11-33-22(27)28/h14-17H,1-13,25-26H2,(H,36,39)(H,37,40)(H,38,41)(H,42,43)(H4,27,28,33)(H4,29,30,34)(H4,31,32,35). The predicted octanol–water partition coefficient (Wildman–Crippen LogP) is -4.86. The molecular weight excluding hydrogens is 564 g/mol. The molecule has 0 saturated carbocycles. The van der Waals surface area contributed by atoms with Gasteiger partial charge >= 0.3 is 5.97 Å². The van der Waals surface area contributed by atoms with Gasteiger partial charge < -0.3 is 66.9 Å². The van der Waals surface area contributed by atoms with Gasteiger partial charge in [-0.25, -0.2) is 4.79 Å². The molecule has 4 unspecified atom stereocenters. The molecule has 43 heavy (non-hydrogen) atoms. The Morgan fingerprint density at radius 2 is 0.930 bits per heavy atom. The average Bonchev–Trinajstić information content (AvgIpc) is 2.92. The Hall–Kier alpha value is -4.39. The molecule has 0 aliphatic rings. The van der Waals surface area contributed by atoms with Gasteiger partial charge in [0.1, 0.15) is 18.1 Å². The maximum absolute atomic E-state index is 13.4. The third kappa shape index (κ3) is 19.4. The minimum absolute atomic E-state index is 0.0719. The van der Waals surface area contributed by atoms with Crippen molar-refractivity contribution in [3.8, 4) is 0 Å². The lowest BCUT2D eigenvalue weighted by Gasteiger charge is -2.25. The van der Waals surface area contributed by atoms with Crippen LogP contribution < -0.4 is 61.8 Å². The summed E-state index contributed by atoms with van der Waals surface area (Å²) in [6.07, 6.45) is 2.63. The highest BCUT2D eigenvalue weighted by molar-refractivity contribution is 5.94. The smallest absolute Gasteiger partial charge is 0.326 e. The average molecular weight is 615 g/mol. The maximum Gasteiger partial charge on any atom is 0.326 e. The number of carboxylic acid groups (broad SMARTS) is 1. The van der Waals surface area contributed by atoms with Gasteiger partial charge in [0.15, 0.2) is 17.9 Å². The highest BCUT2D eigenvalue weighted by Gasteiger charge is 2.30. The molecule has 0 aromatic rings. The fraction of sp³-hybridized carbons (Fsp3) is 0.708. The van der Waals surface area contributed by atoms with E-state index in [0.717, 1.165) is 0 Å². The fourth-order valence-electron chi connectivity index (χ4n) is 3.77. The maximum atomic E-state index is 13.4. The number of nitrogens with one attached hydrogen (secondary N) is 3. The number of nitrogens with zero attached hydrogens (tertiary/aromatic N) is 3. The summed E-state index contributed by atoms with van der Waals surface area (Å²) in [6, 6.07) is -4.43. The second kappa shape index (κ2) is 22.2. The molecule has 0 aliphatic carbocycles. The number of aliphatic imine (C=N–C) groups is 3. The Morgan fingerprint density at radius 1 is 0.558 bits per heavy atom. The SMILES string of the molecule is NCCCCC(NC(=O)C(CCCN=C(N)N)NC(=O)C(CCCN=C(N)N)NC(=O)C(N)CCCN=C(N)N)C(=O)O. The molecule has 0 fully saturated rings. The lowest BCUT2D eigenvalue weighted by atomic mass is 10.0. The van der Waals surface area contributed by atoms with E-state index >= 15 is 0 Å². The van der Waals surface area contributed by atoms with Gasteiger partial charge in [-0.2, -0.15) is 0 Å². The van der Waals surface area contributed by atoms with Gasteiger partial charge in [-0.15, -0.1) is 0 Å². The number of amides is 3. The van der Waals surface area contributed by atoms with Gasteiger partial charge in [0.05, 0.1) is 6.04 Å². The van der Waals surface area contributed by atoms with Crippen LogP contribution in [-0.4, -0.2) is 97.0 Å². The topological polar surface area (TPSA) is 370 Å². The van der Waals surface area contributed by atoms with E-state index < -0.39 is 47.9 Å². The first-order valence-electron chi connectivity index (χ1n) is 14.0. The molecule has 0 rings (SSSR count). The van der Waals surface area contributed by atoms with Crippen LogP contribution >= 0.6 is 0 Å². The quantitative estimate of drug-likeness (QED) is 0.0292. The summed E-state index contributed by atoms with van der Waals surface area (Å²) in [5, 5.41) is 17.3. The van der Waals surface area contributed by atoms with Crippen LogP contribution in [0.15, 0.2) is 15.0 Å².